The summed E-state index contributed by atoms with van der Waals surface area (Å²) in [7, 11) is 0. The van der Waals surface area contributed by atoms with Gasteiger partial charge in [-0.05, 0) is 76.0 Å². The number of halogens is 2. The van der Waals surface area contributed by atoms with Crippen LogP contribution in [0.15, 0.2) is 34.4 Å². The van der Waals surface area contributed by atoms with E-state index in [1.54, 1.807) is 0 Å². The summed E-state index contributed by atoms with van der Waals surface area (Å²) >= 11 is 2.25. The average Bonchev–Trinajstić information content (AvgIpc) is 2.53. The Morgan fingerprint density at radius 2 is 1.78 bits per heavy atom. The summed E-state index contributed by atoms with van der Waals surface area (Å²) in [6.45, 7) is 4.16. The smallest absolute Gasteiger partial charge is 0.119 e. The van der Waals surface area contributed by atoms with Gasteiger partial charge < -0.3 is 20.7 Å². The molecule has 1 rings (SSSR count). The molecule has 0 bridgehead atoms. The minimum Gasteiger partial charge on any atom is -0.494 e. The Bertz CT molecular complexity index is 450. The van der Waals surface area contributed by atoms with E-state index < -0.39 is 5.54 Å². The second-order valence-electron chi connectivity index (χ2n) is 5.65. The van der Waals surface area contributed by atoms with Crippen molar-refractivity contribution in [2.24, 2.45) is 5.73 Å². The monoisotopic (exact) mass is 455 g/mol. The van der Waals surface area contributed by atoms with E-state index in [4.69, 9.17) is 10.5 Å². The second-order valence-corrected chi connectivity index (χ2v) is 7.17. The maximum Gasteiger partial charge on any atom is 0.119 e. The van der Waals surface area contributed by atoms with Crippen LogP contribution in [0.3, 0.4) is 0 Å². The van der Waals surface area contributed by atoms with Crippen molar-refractivity contribution in [3.63, 3.8) is 0 Å². The number of aryl methyl sites for hydroxylation is 1. The van der Waals surface area contributed by atoms with Gasteiger partial charge in [-0.2, -0.15) is 0 Å². The SMILES string of the molecule is C=C(I)CCCCOc1ccc(CCC(N)(CO)CO)cc1.Cl. The van der Waals surface area contributed by atoms with Crippen LogP contribution in [0.5, 0.6) is 5.75 Å². The van der Waals surface area contributed by atoms with Crippen molar-refractivity contribution >= 4 is 35.0 Å². The van der Waals surface area contributed by atoms with Crippen molar-refractivity contribution < 1.29 is 14.9 Å². The number of aliphatic hydroxyl groups is 2. The van der Waals surface area contributed by atoms with Crippen LogP contribution in [0, 0.1) is 0 Å². The van der Waals surface area contributed by atoms with Crippen LogP contribution in [-0.4, -0.2) is 35.6 Å². The molecule has 132 valence electrons. The molecule has 0 fully saturated rings. The standard InChI is InChI=1S/C17H26INO3.ClH/c1-14(18)4-2-3-11-22-16-7-5-15(6-8-16)9-10-17(19,12-20)13-21;/h5-8,20-21H,1-4,9-13,19H2;1H. The molecule has 0 spiro atoms. The van der Waals surface area contributed by atoms with Crippen molar-refractivity contribution in [3.8, 4) is 5.75 Å². The molecular formula is C17H27ClINO3. The first-order valence-electron chi connectivity index (χ1n) is 7.55. The van der Waals surface area contributed by atoms with Gasteiger partial charge in [0.2, 0.25) is 0 Å². The predicted molar refractivity (Wildman–Crippen MR) is 106 cm³/mol. The molecule has 0 atom stereocenters. The topological polar surface area (TPSA) is 75.7 Å². The third kappa shape index (κ3) is 9.52. The zero-order chi connectivity index (χ0) is 16.4. The Hall–Kier alpha value is -0.340. The van der Waals surface area contributed by atoms with Gasteiger partial charge in [-0.3, -0.25) is 0 Å². The molecule has 0 heterocycles. The van der Waals surface area contributed by atoms with Gasteiger partial charge >= 0.3 is 0 Å². The summed E-state index contributed by atoms with van der Waals surface area (Å²) in [5.41, 5.74) is 6.07. The molecular weight excluding hydrogens is 429 g/mol. The maximum atomic E-state index is 9.17. The lowest BCUT2D eigenvalue weighted by Crippen LogP contribution is -2.47. The molecule has 4 nitrogen and oxygen atoms in total. The molecule has 0 amide bonds. The van der Waals surface area contributed by atoms with Crippen LogP contribution >= 0.6 is 35.0 Å². The molecule has 0 radical (unpaired) electrons. The molecule has 4 N–H and O–H groups in total. The third-order valence-electron chi connectivity index (χ3n) is 3.58. The van der Waals surface area contributed by atoms with Crippen LogP contribution in [0.4, 0.5) is 0 Å². The fourth-order valence-electron chi connectivity index (χ4n) is 1.96. The summed E-state index contributed by atoms with van der Waals surface area (Å²) in [6.07, 6.45) is 4.42. The largest absolute Gasteiger partial charge is 0.494 e. The van der Waals surface area contributed by atoms with Gasteiger partial charge in [0.05, 0.1) is 25.4 Å². The molecule has 0 aliphatic rings. The van der Waals surface area contributed by atoms with Crippen LogP contribution < -0.4 is 10.5 Å². The van der Waals surface area contributed by atoms with Crippen LogP contribution in [0.2, 0.25) is 0 Å². The highest BCUT2D eigenvalue weighted by atomic mass is 127. The van der Waals surface area contributed by atoms with Crippen molar-refractivity contribution in [3.05, 3.63) is 40.0 Å². The third-order valence-corrected chi connectivity index (χ3v) is 4.12. The van der Waals surface area contributed by atoms with Gasteiger partial charge in [0, 0.05) is 0 Å². The Morgan fingerprint density at radius 1 is 1.17 bits per heavy atom. The molecule has 0 aliphatic carbocycles. The van der Waals surface area contributed by atoms with Gasteiger partial charge in [0.1, 0.15) is 5.75 Å². The van der Waals surface area contributed by atoms with Crippen LogP contribution in [0.1, 0.15) is 31.2 Å². The van der Waals surface area contributed by atoms with Crippen LogP contribution in [0.25, 0.3) is 0 Å². The Balaban J connectivity index is 0.00000484. The number of rotatable bonds is 11. The summed E-state index contributed by atoms with van der Waals surface area (Å²) in [4.78, 5) is 0. The Kier molecular flexibility index (Phi) is 11.9. The van der Waals surface area contributed by atoms with E-state index in [2.05, 4.69) is 29.2 Å². The number of nitrogens with two attached hydrogens (primary N) is 1. The fourth-order valence-corrected chi connectivity index (χ4v) is 2.34. The lowest BCUT2D eigenvalue weighted by atomic mass is 9.94. The van der Waals surface area contributed by atoms with E-state index in [1.807, 2.05) is 24.3 Å². The van der Waals surface area contributed by atoms with E-state index in [1.165, 1.54) is 3.58 Å². The summed E-state index contributed by atoms with van der Waals surface area (Å²) in [5, 5.41) is 18.3. The first kappa shape index (κ1) is 22.7. The first-order valence-corrected chi connectivity index (χ1v) is 8.62. The summed E-state index contributed by atoms with van der Waals surface area (Å²) in [6, 6.07) is 7.89. The molecule has 0 aliphatic heterocycles. The lowest BCUT2D eigenvalue weighted by Gasteiger charge is -2.24. The highest BCUT2D eigenvalue weighted by Gasteiger charge is 2.22. The quantitative estimate of drug-likeness (QED) is 0.354. The van der Waals surface area contributed by atoms with E-state index in [9.17, 15) is 10.2 Å². The molecule has 0 unspecified atom stereocenters. The summed E-state index contributed by atoms with van der Waals surface area (Å²) < 4.78 is 6.88. The number of allylic oxidation sites excluding steroid dienone is 1. The highest BCUT2D eigenvalue weighted by Crippen LogP contribution is 2.17. The predicted octanol–water partition coefficient (Wildman–Crippen LogP) is 3.22. The van der Waals surface area contributed by atoms with Crippen molar-refractivity contribution in [2.75, 3.05) is 19.8 Å². The maximum absolute atomic E-state index is 9.17. The molecule has 1 aromatic rings. The zero-order valence-electron chi connectivity index (χ0n) is 13.3. The van der Waals surface area contributed by atoms with Gasteiger partial charge in [-0.1, -0.05) is 18.7 Å². The fraction of sp³-hybridized carbons (Fsp3) is 0.529. The molecule has 0 saturated heterocycles. The van der Waals surface area contributed by atoms with Crippen molar-refractivity contribution in [1.82, 2.24) is 0 Å². The second kappa shape index (κ2) is 12.1. The van der Waals surface area contributed by atoms with Crippen molar-refractivity contribution in [1.29, 1.82) is 0 Å². The first-order chi connectivity index (χ1) is 10.5. The van der Waals surface area contributed by atoms with E-state index in [0.717, 1.165) is 37.0 Å². The molecule has 0 aromatic heterocycles. The number of ether oxygens (including phenoxy) is 1. The number of unbranched alkanes of at least 4 members (excludes halogenated alkanes) is 1. The Morgan fingerprint density at radius 3 is 2.30 bits per heavy atom. The van der Waals surface area contributed by atoms with Crippen molar-refractivity contribution in [2.45, 2.75) is 37.6 Å². The number of hydrogen-bond acceptors (Lipinski definition) is 4. The molecule has 0 saturated carbocycles. The van der Waals surface area contributed by atoms with E-state index >= 15 is 0 Å². The lowest BCUT2D eigenvalue weighted by molar-refractivity contribution is 0.115. The molecule has 1 aromatic carbocycles. The van der Waals surface area contributed by atoms with Gasteiger partial charge in [-0.15, -0.1) is 12.4 Å². The van der Waals surface area contributed by atoms with Gasteiger partial charge in [0.15, 0.2) is 0 Å². The molecule has 6 heteroatoms. The number of benzene rings is 1. The highest BCUT2D eigenvalue weighted by molar-refractivity contribution is 14.1. The number of aliphatic hydroxyl groups excluding tert-OH is 2. The zero-order valence-corrected chi connectivity index (χ0v) is 16.3. The van der Waals surface area contributed by atoms with E-state index in [-0.39, 0.29) is 25.6 Å². The van der Waals surface area contributed by atoms with Gasteiger partial charge in [-0.25, -0.2) is 0 Å². The number of hydrogen-bond donors (Lipinski definition) is 3. The Labute approximate surface area is 158 Å². The van der Waals surface area contributed by atoms with Crippen LogP contribution in [-0.2, 0) is 6.42 Å². The normalized spacial score (nSPS) is 11.0. The van der Waals surface area contributed by atoms with Gasteiger partial charge in [0.25, 0.3) is 0 Å². The average molecular weight is 456 g/mol. The molecule has 23 heavy (non-hydrogen) atoms. The minimum atomic E-state index is -0.905. The minimum absolute atomic E-state index is 0. The van der Waals surface area contributed by atoms with E-state index in [0.29, 0.717) is 13.0 Å². The summed E-state index contributed by atoms with van der Waals surface area (Å²) in [5.74, 6) is 0.861.